The van der Waals surface area contributed by atoms with Gasteiger partial charge in [-0.05, 0) is 0 Å². The molecule has 2 atom stereocenters. The summed E-state index contributed by atoms with van der Waals surface area (Å²) in [6, 6.07) is -2.86. The molecule has 0 aromatic rings. The number of rotatable bonds is 2. The molecule has 1 heterocycles. The van der Waals surface area contributed by atoms with E-state index in [0.717, 1.165) is 7.11 Å². The normalized spacial score (nSPS) is 25.3. The van der Waals surface area contributed by atoms with Crippen molar-refractivity contribution < 1.29 is 56.9 Å². The largest absolute Gasteiger partial charge is 1.00 e. The molecule has 0 saturated carbocycles. The third-order valence-electron chi connectivity index (χ3n) is 1.78. The molecule has 1 rings (SSSR count). The van der Waals surface area contributed by atoms with Gasteiger partial charge < -0.3 is 15.0 Å². The predicted molar refractivity (Wildman–Crippen MR) is 40.3 cm³/mol. The van der Waals surface area contributed by atoms with Gasteiger partial charge in [-0.2, -0.15) is 0 Å². The monoisotopic (exact) mass is 246 g/mol. The van der Waals surface area contributed by atoms with E-state index in [-0.39, 0.29) is 33.9 Å². The molecular weight excluding hydrogens is 239 g/mol. The minimum Gasteiger partial charge on any atom is -0.731 e. The number of nitrogens with two attached hydrogens (primary N) is 1. The number of methoxy groups -OCH3 is 1. The van der Waals surface area contributed by atoms with E-state index in [9.17, 15) is 22.6 Å². The van der Waals surface area contributed by atoms with E-state index in [1.165, 1.54) is 0 Å². The van der Waals surface area contributed by atoms with Crippen molar-refractivity contribution in [1.29, 1.82) is 0 Å². The van der Waals surface area contributed by atoms with Crippen LogP contribution >= 0.6 is 0 Å². The summed E-state index contributed by atoms with van der Waals surface area (Å²) < 4.78 is 35.5. The average Bonchev–Trinajstić information content (AvgIpc) is 2.09. The molecule has 0 aromatic carbocycles. The Morgan fingerprint density at radius 1 is 1.60 bits per heavy atom. The van der Waals surface area contributed by atoms with E-state index in [2.05, 4.69) is 4.74 Å². The molecule has 0 aromatic heterocycles. The van der Waals surface area contributed by atoms with Crippen molar-refractivity contribution in [2.24, 2.45) is 5.73 Å². The molecule has 8 nitrogen and oxygen atoms in total. The molecule has 1 amide bonds. The third kappa shape index (κ3) is 2.49. The molecule has 0 aliphatic carbocycles. The van der Waals surface area contributed by atoms with Crippen LogP contribution in [0.3, 0.4) is 0 Å². The van der Waals surface area contributed by atoms with Crippen LogP contribution in [-0.4, -0.2) is 48.3 Å². The summed E-state index contributed by atoms with van der Waals surface area (Å²) in [6.07, 6.45) is 0. The average molecular weight is 246 g/mol. The zero-order valence-electron chi connectivity index (χ0n) is 8.04. The zero-order chi connectivity index (χ0) is 11.1. The van der Waals surface area contributed by atoms with Crippen molar-refractivity contribution in [1.82, 2.24) is 4.31 Å². The number of hydrogen-bond donors (Lipinski definition) is 1. The Morgan fingerprint density at radius 2 is 2.07 bits per heavy atom. The van der Waals surface area contributed by atoms with Gasteiger partial charge in [-0.3, -0.25) is 4.79 Å². The Kier molecular flexibility index (Phi) is 4.70. The van der Waals surface area contributed by atoms with Gasteiger partial charge in [0.2, 0.25) is 0 Å². The van der Waals surface area contributed by atoms with E-state index < -0.39 is 34.3 Å². The van der Waals surface area contributed by atoms with E-state index >= 15 is 0 Å². The summed E-state index contributed by atoms with van der Waals surface area (Å²) in [5, 5.41) is 0. The molecule has 80 valence electrons. The number of amides is 1. The van der Waals surface area contributed by atoms with Gasteiger partial charge >= 0.3 is 35.5 Å². The fraction of sp³-hybridized carbons (Fsp3) is 0.600. The number of carbonyl (C=O) groups excluding carboxylic acids is 2. The summed E-state index contributed by atoms with van der Waals surface area (Å²) >= 11 is 0. The Bertz CT molecular complexity index is 381. The molecule has 2 unspecified atom stereocenters. The van der Waals surface area contributed by atoms with Crippen LogP contribution in [0.25, 0.3) is 0 Å². The molecule has 1 aliphatic heterocycles. The van der Waals surface area contributed by atoms with Gasteiger partial charge in [0, 0.05) is 0 Å². The van der Waals surface area contributed by atoms with Gasteiger partial charge in [-0.15, -0.1) is 0 Å². The second-order valence-corrected chi connectivity index (χ2v) is 3.83. The Hall–Kier alpha value is -0.190. The van der Waals surface area contributed by atoms with E-state index in [1.807, 2.05) is 0 Å². The number of esters is 1. The molecule has 1 fully saturated rings. The molecule has 2 N–H and O–H groups in total. The first-order valence-corrected chi connectivity index (χ1v) is 4.79. The van der Waals surface area contributed by atoms with Crippen LogP contribution in [0.15, 0.2) is 0 Å². The molecule has 1 saturated heterocycles. The minimum atomic E-state index is -5.00. The molecule has 0 bridgehead atoms. The van der Waals surface area contributed by atoms with E-state index in [0.29, 0.717) is 0 Å². The standard InChI is InChI=1S/C5H8N2O6S.Na/c1-13-5(9)3-2(6)4(8)7(3)14(10,11)12;/h2-3H,6H2,1H3,(H,10,11,12);/q;+1/p-1. The van der Waals surface area contributed by atoms with Crippen molar-refractivity contribution in [3.63, 3.8) is 0 Å². The van der Waals surface area contributed by atoms with Crippen molar-refractivity contribution in [3.8, 4) is 0 Å². The van der Waals surface area contributed by atoms with Crippen molar-refractivity contribution in [3.05, 3.63) is 0 Å². The van der Waals surface area contributed by atoms with Crippen molar-refractivity contribution >= 4 is 22.2 Å². The van der Waals surface area contributed by atoms with Crippen molar-refractivity contribution in [2.45, 2.75) is 12.1 Å². The summed E-state index contributed by atoms with van der Waals surface area (Å²) in [5.41, 5.74) is 5.13. The van der Waals surface area contributed by atoms with Crippen LogP contribution in [0.2, 0.25) is 0 Å². The Labute approximate surface area is 108 Å². The number of nitrogens with zero attached hydrogens (tertiary/aromatic N) is 1. The van der Waals surface area contributed by atoms with Crippen molar-refractivity contribution in [2.75, 3.05) is 7.11 Å². The predicted octanol–water partition coefficient (Wildman–Crippen LogP) is -5.84. The fourth-order valence-electron chi connectivity index (χ4n) is 1.10. The maximum absolute atomic E-state index is 10.9. The topological polar surface area (TPSA) is 130 Å². The number of carbonyl (C=O) groups is 2. The molecule has 0 spiro atoms. The first-order valence-electron chi connectivity index (χ1n) is 3.43. The second kappa shape index (κ2) is 4.76. The first kappa shape index (κ1) is 14.8. The Morgan fingerprint density at radius 3 is 2.40 bits per heavy atom. The fourth-order valence-corrected chi connectivity index (χ4v) is 1.93. The maximum atomic E-state index is 10.9. The molecule has 0 radical (unpaired) electrons. The molecule has 15 heavy (non-hydrogen) atoms. The van der Waals surface area contributed by atoms with Gasteiger partial charge in [0.05, 0.1) is 7.11 Å². The molecule has 1 aliphatic rings. The number of hydrogen-bond acceptors (Lipinski definition) is 7. The summed E-state index contributed by atoms with van der Waals surface area (Å²) in [5.74, 6) is -2.13. The van der Waals surface area contributed by atoms with Gasteiger partial charge in [0.1, 0.15) is 6.04 Å². The number of ether oxygens (including phenoxy) is 1. The first-order chi connectivity index (χ1) is 6.30. The van der Waals surface area contributed by atoms with Crippen LogP contribution in [0.1, 0.15) is 0 Å². The van der Waals surface area contributed by atoms with Crippen LogP contribution in [0, 0.1) is 0 Å². The maximum Gasteiger partial charge on any atom is 1.00 e. The van der Waals surface area contributed by atoms with Gasteiger partial charge in [-0.1, -0.05) is 0 Å². The quantitative estimate of drug-likeness (QED) is 0.222. The van der Waals surface area contributed by atoms with Gasteiger partial charge in [0.15, 0.2) is 16.3 Å². The van der Waals surface area contributed by atoms with E-state index in [4.69, 9.17) is 5.73 Å². The Balaban J connectivity index is 0.00000196. The minimum absolute atomic E-state index is 0. The SMILES string of the molecule is COC(=O)C1C(N)C(=O)N1S(=O)(=O)[O-].[Na+]. The van der Waals surface area contributed by atoms with Crippen LogP contribution in [0.4, 0.5) is 0 Å². The second-order valence-electron chi connectivity index (χ2n) is 2.59. The van der Waals surface area contributed by atoms with E-state index in [1.54, 1.807) is 0 Å². The van der Waals surface area contributed by atoms with Gasteiger partial charge in [0.25, 0.3) is 5.91 Å². The summed E-state index contributed by atoms with van der Waals surface area (Å²) in [6.45, 7) is 0. The molecule has 10 heteroatoms. The van der Waals surface area contributed by atoms with Crippen LogP contribution < -0.4 is 35.3 Å². The number of β-lactam (4-membered cyclic amide) rings is 1. The van der Waals surface area contributed by atoms with Crippen LogP contribution in [-0.2, 0) is 24.6 Å². The third-order valence-corrected chi connectivity index (χ3v) is 2.67. The van der Waals surface area contributed by atoms with Gasteiger partial charge in [-0.25, -0.2) is 17.5 Å². The zero-order valence-corrected chi connectivity index (χ0v) is 10.9. The van der Waals surface area contributed by atoms with Crippen LogP contribution in [0.5, 0.6) is 0 Å². The summed E-state index contributed by atoms with van der Waals surface area (Å²) in [4.78, 5) is 21.8. The summed E-state index contributed by atoms with van der Waals surface area (Å²) in [7, 11) is -4.01. The molecular formula is C5H7N2NaO6S. The smallest absolute Gasteiger partial charge is 0.731 e.